The smallest absolute Gasteiger partial charge is 0.287 e. The van der Waals surface area contributed by atoms with Crippen LogP contribution < -0.4 is 5.56 Å². The molecule has 20 heavy (non-hydrogen) atoms. The number of nitrogens with zero attached hydrogens (tertiary/aromatic N) is 2. The number of benzene rings is 1. The number of hydrogen-bond donors (Lipinski definition) is 0. The Hall–Kier alpha value is -1.65. The van der Waals surface area contributed by atoms with E-state index in [1.165, 1.54) is 6.20 Å². The quantitative estimate of drug-likeness (QED) is 0.819. The monoisotopic (exact) mass is 310 g/mol. The molecule has 0 saturated carbocycles. The molecular weight excluding hydrogens is 299 g/mol. The van der Waals surface area contributed by atoms with Crippen LogP contribution in [-0.2, 0) is 6.54 Å². The molecule has 1 aromatic carbocycles. The van der Waals surface area contributed by atoms with Gasteiger partial charge in [0.25, 0.3) is 5.56 Å². The fourth-order valence-corrected chi connectivity index (χ4v) is 1.97. The number of hydrogen-bond acceptors (Lipinski definition) is 3. The maximum atomic E-state index is 12.2. The molecule has 0 aliphatic heterocycles. The van der Waals surface area contributed by atoms with Crippen LogP contribution in [0, 0.1) is 13.8 Å². The van der Waals surface area contributed by atoms with Gasteiger partial charge in [0, 0.05) is 5.56 Å². The number of ketones is 1. The Morgan fingerprint density at radius 1 is 1.25 bits per heavy atom. The maximum Gasteiger partial charge on any atom is 0.287 e. The van der Waals surface area contributed by atoms with Crippen LogP contribution in [0.25, 0.3) is 0 Å². The normalized spacial score (nSPS) is 10.6. The number of Topliss-reactive ketones (excluding diaryl/α,β-unsaturated/α-hetero) is 1. The number of halogens is 2. The fourth-order valence-electron chi connectivity index (χ4n) is 1.70. The topological polar surface area (TPSA) is 52.0 Å². The molecule has 0 unspecified atom stereocenters. The van der Waals surface area contributed by atoms with Crippen molar-refractivity contribution in [3.63, 3.8) is 0 Å². The van der Waals surface area contributed by atoms with Crippen molar-refractivity contribution in [2.45, 2.75) is 20.4 Å². The van der Waals surface area contributed by atoms with E-state index in [4.69, 9.17) is 23.2 Å². The van der Waals surface area contributed by atoms with Crippen molar-refractivity contribution in [3.05, 3.63) is 61.5 Å². The predicted octanol–water partition coefficient (Wildman–Crippen LogP) is 3.05. The number of aromatic nitrogens is 2. The number of carbonyl (C=O) groups excluding carboxylic acids is 1. The number of aryl methyl sites for hydroxylation is 2. The average molecular weight is 311 g/mol. The van der Waals surface area contributed by atoms with Crippen LogP contribution in [0.15, 0.2) is 29.2 Å². The van der Waals surface area contributed by atoms with Gasteiger partial charge in [-0.2, -0.15) is 5.10 Å². The molecule has 0 aliphatic carbocycles. The third-order valence-electron chi connectivity index (χ3n) is 3.06. The molecule has 0 saturated heterocycles. The second kappa shape index (κ2) is 5.77. The molecule has 1 heterocycles. The molecule has 2 rings (SSSR count). The molecule has 0 fully saturated rings. The van der Waals surface area contributed by atoms with E-state index < -0.39 is 5.56 Å². The van der Waals surface area contributed by atoms with Crippen LogP contribution in [0.1, 0.15) is 21.5 Å². The van der Waals surface area contributed by atoms with Crippen molar-refractivity contribution in [2.24, 2.45) is 0 Å². The van der Waals surface area contributed by atoms with Gasteiger partial charge in [-0.25, -0.2) is 4.68 Å². The first-order valence-electron chi connectivity index (χ1n) is 5.91. The molecule has 1 aromatic heterocycles. The van der Waals surface area contributed by atoms with Gasteiger partial charge in [-0.05, 0) is 31.0 Å². The lowest BCUT2D eigenvalue weighted by atomic mass is 10.0. The first kappa shape index (κ1) is 14.8. The SMILES string of the molecule is Cc1ccc(C(=O)Cn2ncc(Cl)c(Cl)c2=O)cc1C. The van der Waals surface area contributed by atoms with Crippen LogP contribution in [0.4, 0.5) is 0 Å². The van der Waals surface area contributed by atoms with Crippen molar-refractivity contribution >= 4 is 29.0 Å². The van der Waals surface area contributed by atoms with E-state index in [9.17, 15) is 9.59 Å². The zero-order valence-electron chi connectivity index (χ0n) is 11.0. The first-order valence-corrected chi connectivity index (χ1v) is 6.67. The van der Waals surface area contributed by atoms with Gasteiger partial charge in [-0.15, -0.1) is 0 Å². The van der Waals surface area contributed by atoms with Crippen molar-refractivity contribution in [1.29, 1.82) is 0 Å². The van der Waals surface area contributed by atoms with Crippen LogP contribution >= 0.6 is 23.2 Å². The molecule has 4 nitrogen and oxygen atoms in total. The minimum Gasteiger partial charge on any atom is -0.292 e. The van der Waals surface area contributed by atoms with E-state index in [1.54, 1.807) is 12.1 Å². The largest absolute Gasteiger partial charge is 0.292 e. The summed E-state index contributed by atoms with van der Waals surface area (Å²) in [6.45, 7) is 3.72. The van der Waals surface area contributed by atoms with E-state index in [1.807, 2.05) is 19.9 Å². The Bertz CT molecular complexity index is 738. The van der Waals surface area contributed by atoms with Crippen LogP contribution in [0.3, 0.4) is 0 Å². The lowest BCUT2D eigenvalue weighted by Crippen LogP contribution is -2.27. The van der Waals surface area contributed by atoms with Gasteiger partial charge >= 0.3 is 0 Å². The Kier molecular flexibility index (Phi) is 4.26. The molecule has 0 N–H and O–H groups in total. The molecule has 2 aromatic rings. The molecule has 0 spiro atoms. The Morgan fingerprint density at radius 3 is 2.60 bits per heavy atom. The third-order valence-corrected chi connectivity index (χ3v) is 3.81. The van der Waals surface area contributed by atoms with Crippen molar-refractivity contribution in [3.8, 4) is 0 Å². The zero-order chi connectivity index (χ0) is 14.9. The molecule has 0 aliphatic rings. The van der Waals surface area contributed by atoms with E-state index in [2.05, 4.69) is 5.10 Å². The second-order valence-electron chi connectivity index (χ2n) is 4.49. The highest BCUT2D eigenvalue weighted by Crippen LogP contribution is 2.15. The highest BCUT2D eigenvalue weighted by atomic mass is 35.5. The molecule has 0 amide bonds. The summed E-state index contributed by atoms with van der Waals surface area (Å²) in [6, 6.07) is 5.39. The summed E-state index contributed by atoms with van der Waals surface area (Å²) in [5, 5.41) is 3.76. The molecular formula is C14H12Cl2N2O2. The Balaban J connectivity index is 2.30. The highest BCUT2D eigenvalue weighted by molar-refractivity contribution is 6.41. The van der Waals surface area contributed by atoms with Gasteiger partial charge in [0.05, 0.1) is 11.2 Å². The van der Waals surface area contributed by atoms with Gasteiger partial charge in [-0.3, -0.25) is 9.59 Å². The lowest BCUT2D eigenvalue weighted by Gasteiger charge is -2.07. The van der Waals surface area contributed by atoms with Crippen molar-refractivity contribution in [2.75, 3.05) is 0 Å². The predicted molar refractivity (Wildman–Crippen MR) is 78.8 cm³/mol. The second-order valence-corrected chi connectivity index (χ2v) is 5.28. The van der Waals surface area contributed by atoms with Crippen LogP contribution in [0.5, 0.6) is 0 Å². The minimum absolute atomic E-state index is 0.0755. The Morgan fingerprint density at radius 2 is 1.95 bits per heavy atom. The van der Waals surface area contributed by atoms with Gasteiger partial charge in [0.2, 0.25) is 0 Å². The van der Waals surface area contributed by atoms with E-state index >= 15 is 0 Å². The van der Waals surface area contributed by atoms with E-state index in [0.29, 0.717) is 5.56 Å². The number of rotatable bonds is 3. The molecule has 6 heteroatoms. The average Bonchev–Trinajstić information content (AvgIpc) is 2.42. The molecule has 104 valence electrons. The van der Waals surface area contributed by atoms with Gasteiger partial charge in [0.15, 0.2) is 5.78 Å². The summed E-state index contributed by atoms with van der Waals surface area (Å²) in [5.74, 6) is -0.207. The third kappa shape index (κ3) is 2.92. The first-order chi connectivity index (χ1) is 9.40. The van der Waals surface area contributed by atoms with Crippen LogP contribution in [0.2, 0.25) is 10.0 Å². The highest BCUT2D eigenvalue weighted by Gasteiger charge is 2.12. The summed E-state index contributed by atoms with van der Waals surface area (Å²) in [5.41, 5.74) is 2.08. The van der Waals surface area contributed by atoms with E-state index in [0.717, 1.165) is 15.8 Å². The zero-order valence-corrected chi connectivity index (χ0v) is 12.5. The van der Waals surface area contributed by atoms with Gasteiger partial charge < -0.3 is 0 Å². The van der Waals surface area contributed by atoms with Crippen molar-refractivity contribution in [1.82, 2.24) is 9.78 Å². The summed E-state index contributed by atoms with van der Waals surface area (Å²) in [7, 11) is 0. The number of carbonyl (C=O) groups is 1. The minimum atomic E-state index is -0.573. The van der Waals surface area contributed by atoms with E-state index in [-0.39, 0.29) is 22.4 Å². The maximum absolute atomic E-state index is 12.2. The standard InChI is InChI=1S/C14H12Cl2N2O2/c1-8-3-4-10(5-9(8)2)12(19)7-18-14(20)13(16)11(15)6-17-18/h3-6H,7H2,1-2H3. The van der Waals surface area contributed by atoms with Gasteiger partial charge in [-0.1, -0.05) is 35.3 Å². The molecule has 0 atom stereocenters. The lowest BCUT2D eigenvalue weighted by molar-refractivity contribution is 0.0965. The summed E-state index contributed by atoms with van der Waals surface area (Å²) >= 11 is 11.4. The van der Waals surface area contributed by atoms with Gasteiger partial charge in [0.1, 0.15) is 11.6 Å². The molecule has 0 radical (unpaired) electrons. The van der Waals surface area contributed by atoms with Crippen LogP contribution in [-0.4, -0.2) is 15.6 Å². The van der Waals surface area contributed by atoms with Crippen molar-refractivity contribution < 1.29 is 4.79 Å². The molecule has 0 bridgehead atoms. The fraction of sp³-hybridized carbons (Fsp3) is 0.214. The summed E-state index contributed by atoms with van der Waals surface area (Å²) in [4.78, 5) is 24.0. The summed E-state index contributed by atoms with van der Waals surface area (Å²) < 4.78 is 1.01. The summed E-state index contributed by atoms with van der Waals surface area (Å²) in [6.07, 6.45) is 1.25. The Labute approximate surface area is 125 Å².